The quantitative estimate of drug-likeness (QED) is 0.752. The summed E-state index contributed by atoms with van der Waals surface area (Å²) in [4.78, 5) is 11.4. The maximum Gasteiger partial charge on any atom is 0.221 e. The van der Waals surface area contributed by atoms with Crippen LogP contribution in [0.5, 0.6) is 0 Å². The highest BCUT2D eigenvalue weighted by atomic mass is 35.5. The van der Waals surface area contributed by atoms with E-state index < -0.39 is 0 Å². The SMILES string of the molecule is CCCNC(=O)CCNCc1ccc(C#N)cc1Cl. The fourth-order valence-electron chi connectivity index (χ4n) is 1.54. The lowest BCUT2D eigenvalue weighted by molar-refractivity contribution is -0.120. The number of nitriles is 1. The molecule has 5 heteroatoms. The van der Waals surface area contributed by atoms with Gasteiger partial charge in [-0.25, -0.2) is 0 Å². The van der Waals surface area contributed by atoms with E-state index in [0.717, 1.165) is 18.5 Å². The zero-order valence-corrected chi connectivity index (χ0v) is 11.8. The fraction of sp³-hybridized carbons (Fsp3) is 0.429. The van der Waals surface area contributed by atoms with Gasteiger partial charge in [-0.05, 0) is 24.1 Å². The van der Waals surface area contributed by atoms with E-state index in [9.17, 15) is 4.79 Å². The van der Waals surface area contributed by atoms with Crippen molar-refractivity contribution in [1.82, 2.24) is 10.6 Å². The van der Waals surface area contributed by atoms with Crippen molar-refractivity contribution < 1.29 is 4.79 Å². The van der Waals surface area contributed by atoms with E-state index in [1.165, 1.54) is 0 Å². The van der Waals surface area contributed by atoms with Crippen molar-refractivity contribution >= 4 is 17.5 Å². The molecule has 1 amide bonds. The second-order valence-corrected chi connectivity index (χ2v) is 4.60. The van der Waals surface area contributed by atoms with Crippen molar-refractivity contribution in [1.29, 1.82) is 5.26 Å². The summed E-state index contributed by atoms with van der Waals surface area (Å²) in [7, 11) is 0. The van der Waals surface area contributed by atoms with Gasteiger partial charge in [0.25, 0.3) is 0 Å². The van der Waals surface area contributed by atoms with Gasteiger partial charge in [0.1, 0.15) is 0 Å². The summed E-state index contributed by atoms with van der Waals surface area (Å²) in [5.41, 5.74) is 1.47. The van der Waals surface area contributed by atoms with Gasteiger partial charge in [0, 0.05) is 31.1 Å². The zero-order chi connectivity index (χ0) is 14.1. The third-order valence-corrected chi connectivity index (χ3v) is 2.95. The van der Waals surface area contributed by atoms with E-state index in [0.29, 0.717) is 30.1 Å². The molecule has 0 bridgehead atoms. The number of hydrogen-bond acceptors (Lipinski definition) is 3. The summed E-state index contributed by atoms with van der Waals surface area (Å²) in [6.07, 6.45) is 1.40. The van der Waals surface area contributed by atoms with Gasteiger partial charge in [0.05, 0.1) is 11.6 Å². The number of carbonyl (C=O) groups excluding carboxylic acids is 1. The largest absolute Gasteiger partial charge is 0.356 e. The molecule has 0 aliphatic rings. The molecule has 19 heavy (non-hydrogen) atoms. The van der Waals surface area contributed by atoms with E-state index in [1.54, 1.807) is 12.1 Å². The third-order valence-electron chi connectivity index (χ3n) is 2.60. The molecule has 4 nitrogen and oxygen atoms in total. The first-order valence-electron chi connectivity index (χ1n) is 6.33. The average molecular weight is 280 g/mol. The van der Waals surface area contributed by atoms with E-state index in [-0.39, 0.29) is 5.91 Å². The minimum Gasteiger partial charge on any atom is -0.356 e. The Labute approximate surface area is 118 Å². The summed E-state index contributed by atoms with van der Waals surface area (Å²) in [6.45, 7) is 3.93. The van der Waals surface area contributed by atoms with Gasteiger partial charge >= 0.3 is 0 Å². The normalized spacial score (nSPS) is 9.95. The van der Waals surface area contributed by atoms with Crippen LogP contribution in [0, 0.1) is 11.3 Å². The number of amides is 1. The Bertz CT molecular complexity index is 468. The highest BCUT2D eigenvalue weighted by Gasteiger charge is 2.03. The van der Waals surface area contributed by atoms with Crippen molar-refractivity contribution in [2.24, 2.45) is 0 Å². The van der Waals surface area contributed by atoms with Crippen LogP contribution in [0.25, 0.3) is 0 Å². The average Bonchev–Trinajstić information content (AvgIpc) is 2.42. The lowest BCUT2D eigenvalue weighted by Gasteiger charge is -2.07. The first kappa shape index (κ1) is 15.5. The summed E-state index contributed by atoms with van der Waals surface area (Å²) < 4.78 is 0. The molecule has 0 fully saturated rings. The van der Waals surface area contributed by atoms with Crippen LogP contribution in [-0.4, -0.2) is 19.0 Å². The molecule has 0 saturated heterocycles. The Morgan fingerprint density at radius 3 is 2.84 bits per heavy atom. The molecule has 0 unspecified atom stereocenters. The molecule has 0 atom stereocenters. The highest BCUT2D eigenvalue weighted by molar-refractivity contribution is 6.31. The topological polar surface area (TPSA) is 64.9 Å². The Morgan fingerprint density at radius 2 is 2.21 bits per heavy atom. The van der Waals surface area contributed by atoms with Crippen molar-refractivity contribution in [2.75, 3.05) is 13.1 Å². The molecule has 1 aromatic carbocycles. The summed E-state index contributed by atoms with van der Waals surface area (Å²) in [6, 6.07) is 7.24. The van der Waals surface area contributed by atoms with Crippen molar-refractivity contribution in [3.05, 3.63) is 34.3 Å². The van der Waals surface area contributed by atoms with Crippen molar-refractivity contribution in [3.63, 3.8) is 0 Å². The van der Waals surface area contributed by atoms with Gasteiger partial charge in [0.2, 0.25) is 5.91 Å². The molecule has 1 rings (SSSR count). The van der Waals surface area contributed by atoms with Gasteiger partial charge in [-0.15, -0.1) is 0 Å². The Balaban J connectivity index is 2.30. The lowest BCUT2D eigenvalue weighted by Crippen LogP contribution is -2.28. The Hall–Kier alpha value is -1.57. The van der Waals surface area contributed by atoms with Gasteiger partial charge in [-0.2, -0.15) is 5.26 Å². The molecule has 0 heterocycles. The van der Waals surface area contributed by atoms with E-state index in [2.05, 4.69) is 10.6 Å². The molecular weight excluding hydrogens is 262 g/mol. The van der Waals surface area contributed by atoms with E-state index in [1.807, 2.05) is 19.1 Å². The van der Waals surface area contributed by atoms with Crippen LogP contribution in [0.2, 0.25) is 5.02 Å². The first-order valence-corrected chi connectivity index (χ1v) is 6.71. The van der Waals surface area contributed by atoms with Gasteiger partial charge in [-0.3, -0.25) is 4.79 Å². The van der Waals surface area contributed by atoms with Crippen LogP contribution in [0.1, 0.15) is 30.9 Å². The van der Waals surface area contributed by atoms with Gasteiger partial charge in [0.15, 0.2) is 0 Å². The molecule has 1 aromatic rings. The number of halogens is 1. The summed E-state index contributed by atoms with van der Waals surface area (Å²) in [5, 5.41) is 15.3. The predicted molar refractivity (Wildman–Crippen MR) is 75.8 cm³/mol. The standard InChI is InChI=1S/C14H18ClN3O/c1-2-6-18-14(19)5-7-17-10-12-4-3-11(9-16)8-13(12)15/h3-4,8,17H,2,5-7,10H2,1H3,(H,18,19). The highest BCUT2D eigenvalue weighted by Crippen LogP contribution is 2.17. The third kappa shape index (κ3) is 5.73. The molecule has 102 valence electrons. The maximum atomic E-state index is 11.4. The summed E-state index contributed by atoms with van der Waals surface area (Å²) >= 11 is 6.05. The van der Waals surface area contributed by atoms with E-state index >= 15 is 0 Å². The number of rotatable bonds is 7. The Morgan fingerprint density at radius 1 is 1.42 bits per heavy atom. The number of nitrogens with one attached hydrogen (secondary N) is 2. The second-order valence-electron chi connectivity index (χ2n) is 4.19. The molecule has 2 N–H and O–H groups in total. The van der Waals surface area contributed by atoms with Crippen LogP contribution in [0.3, 0.4) is 0 Å². The minimum atomic E-state index is 0.0558. The van der Waals surface area contributed by atoms with E-state index in [4.69, 9.17) is 16.9 Å². The molecule has 0 radical (unpaired) electrons. The first-order chi connectivity index (χ1) is 9.17. The number of nitrogens with zero attached hydrogens (tertiary/aromatic N) is 1. The Kier molecular flexibility index (Phi) is 6.94. The van der Waals surface area contributed by atoms with Crippen molar-refractivity contribution in [3.8, 4) is 6.07 Å². The molecular formula is C14H18ClN3O. The molecule has 0 spiro atoms. The lowest BCUT2D eigenvalue weighted by atomic mass is 10.1. The molecule has 0 aliphatic carbocycles. The van der Waals surface area contributed by atoms with Gasteiger partial charge < -0.3 is 10.6 Å². The predicted octanol–water partition coefficient (Wildman–Crippen LogP) is 2.22. The van der Waals surface area contributed by atoms with Crippen LogP contribution in [0.4, 0.5) is 0 Å². The van der Waals surface area contributed by atoms with Crippen LogP contribution in [0.15, 0.2) is 18.2 Å². The smallest absolute Gasteiger partial charge is 0.221 e. The number of hydrogen-bond donors (Lipinski definition) is 2. The maximum absolute atomic E-state index is 11.4. The second kappa shape index (κ2) is 8.52. The summed E-state index contributed by atoms with van der Waals surface area (Å²) in [5.74, 6) is 0.0558. The van der Waals surface area contributed by atoms with Gasteiger partial charge in [-0.1, -0.05) is 24.6 Å². The van der Waals surface area contributed by atoms with Crippen molar-refractivity contribution in [2.45, 2.75) is 26.3 Å². The van der Waals surface area contributed by atoms with Crippen LogP contribution < -0.4 is 10.6 Å². The van der Waals surface area contributed by atoms with Crippen LogP contribution >= 0.6 is 11.6 Å². The molecule has 0 aliphatic heterocycles. The van der Waals surface area contributed by atoms with Crippen LogP contribution in [-0.2, 0) is 11.3 Å². The minimum absolute atomic E-state index is 0.0558. The number of carbonyl (C=O) groups is 1. The zero-order valence-electron chi connectivity index (χ0n) is 11.0. The number of benzene rings is 1. The monoisotopic (exact) mass is 279 g/mol. The fourth-order valence-corrected chi connectivity index (χ4v) is 1.79. The molecule has 0 saturated carbocycles. The molecule has 0 aromatic heterocycles.